The molecule has 0 spiro atoms. The average Bonchev–Trinajstić information content (AvgIpc) is 2.26. The lowest BCUT2D eigenvalue weighted by Gasteiger charge is -2.08. The second kappa shape index (κ2) is 5.80. The normalized spacial score (nSPS) is 12.0. The third kappa shape index (κ3) is 3.30. The molecule has 0 bridgehead atoms. The number of benzene rings is 1. The van der Waals surface area contributed by atoms with E-state index in [9.17, 15) is 8.42 Å². The first-order chi connectivity index (χ1) is 7.48. The molecule has 0 aliphatic rings. The molecule has 0 aliphatic heterocycles. The van der Waals surface area contributed by atoms with Gasteiger partial charge in [0.15, 0.2) is 9.84 Å². The molecule has 0 saturated carbocycles. The molecule has 0 unspecified atom stereocenters. The van der Waals surface area contributed by atoms with E-state index in [2.05, 4.69) is 21.2 Å². The Kier molecular flexibility index (Phi) is 4.95. The zero-order valence-electron chi connectivity index (χ0n) is 9.40. The van der Waals surface area contributed by atoms with E-state index in [4.69, 9.17) is 0 Å². The number of alkyl halides is 1. The molecule has 0 amide bonds. The zero-order chi connectivity index (χ0) is 12.2. The van der Waals surface area contributed by atoms with Crippen LogP contribution in [0.1, 0.15) is 19.4 Å². The van der Waals surface area contributed by atoms with Crippen molar-refractivity contribution in [3.05, 3.63) is 29.8 Å². The van der Waals surface area contributed by atoms with Crippen LogP contribution in [0.4, 0.5) is 0 Å². The summed E-state index contributed by atoms with van der Waals surface area (Å²) < 4.78 is 23.7. The first kappa shape index (κ1) is 13.7. The molecule has 0 atom stereocenters. The van der Waals surface area contributed by atoms with Gasteiger partial charge in [-0.25, -0.2) is 8.42 Å². The summed E-state index contributed by atoms with van der Waals surface area (Å²) in [7, 11) is -3.14. The van der Waals surface area contributed by atoms with Gasteiger partial charge in [-0.15, -0.1) is 0 Å². The van der Waals surface area contributed by atoms with E-state index in [-0.39, 0.29) is 5.25 Å². The minimum Gasteiger partial charge on any atom is -0.303 e. The molecule has 0 fully saturated rings. The molecule has 90 valence electrons. The van der Waals surface area contributed by atoms with Gasteiger partial charge in [-0.1, -0.05) is 28.1 Å². The van der Waals surface area contributed by atoms with Crippen LogP contribution in [0, 0.1) is 0 Å². The van der Waals surface area contributed by atoms with Crippen molar-refractivity contribution < 1.29 is 8.42 Å². The fraction of sp³-hybridized carbons (Fsp3) is 0.455. The number of halogens is 1. The lowest BCUT2D eigenvalue weighted by molar-refractivity contribution is 0.587. The molecule has 1 N–H and O–H groups in total. The van der Waals surface area contributed by atoms with Gasteiger partial charge in [0.25, 0.3) is 0 Å². The van der Waals surface area contributed by atoms with E-state index in [0.29, 0.717) is 4.90 Å². The zero-order valence-corrected chi connectivity index (χ0v) is 11.8. The molecular formula is C11H16BrNO2S. The van der Waals surface area contributed by atoms with E-state index in [1.54, 1.807) is 26.0 Å². The largest absolute Gasteiger partial charge is 0.303 e. The van der Waals surface area contributed by atoms with Crippen LogP contribution < -0.4 is 5.32 Å². The lowest BCUT2D eigenvalue weighted by Crippen LogP contribution is -2.14. The second-order valence-corrected chi connectivity index (χ2v) is 6.86. The molecule has 5 heteroatoms. The highest BCUT2D eigenvalue weighted by Crippen LogP contribution is 2.16. The smallest absolute Gasteiger partial charge is 0.180 e. The van der Waals surface area contributed by atoms with Gasteiger partial charge >= 0.3 is 0 Å². The summed E-state index contributed by atoms with van der Waals surface area (Å²) >= 11 is 3.27. The van der Waals surface area contributed by atoms with Crippen LogP contribution in [0.15, 0.2) is 29.2 Å². The maximum atomic E-state index is 11.8. The third-order valence-corrected chi connectivity index (χ3v) is 4.86. The van der Waals surface area contributed by atoms with Gasteiger partial charge in [-0.05, 0) is 31.5 Å². The summed E-state index contributed by atoms with van der Waals surface area (Å²) in [4.78, 5) is 0.394. The van der Waals surface area contributed by atoms with Crippen molar-refractivity contribution in [2.75, 3.05) is 5.45 Å². The number of rotatable bonds is 5. The molecule has 16 heavy (non-hydrogen) atoms. The monoisotopic (exact) mass is 305 g/mol. The molecule has 0 radical (unpaired) electrons. The summed E-state index contributed by atoms with van der Waals surface area (Å²) in [6.07, 6.45) is 0. The van der Waals surface area contributed by atoms with Crippen molar-refractivity contribution in [2.45, 2.75) is 30.5 Å². The minimum atomic E-state index is -3.14. The Morgan fingerprint density at radius 2 is 1.81 bits per heavy atom. The first-order valence-corrected chi connectivity index (χ1v) is 7.74. The average molecular weight is 306 g/mol. The summed E-state index contributed by atoms with van der Waals surface area (Å²) in [5, 5.41) is 2.74. The van der Waals surface area contributed by atoms with Crippen LogP contribution in [-0.4, -0.2) is 19.1 Å². The van der Waals surface area contributed by atoms with Crippen LogP contribution in [0.5, 0.6) is 0 Å². The maximum absolute atomic E-state index is 11.8. The van der Waals surface area contributed by atoms with E-state index in [1.165, 1.54) is 0 Å². The van der Waals surface area contributed by atoms with Crippen molar-refractivity contribution in [1.29, 1.82) is 0 Å². The molecule has 1 aromatic carbocycles. The van der Waals surface area contributed by atoms with E-state index < -0.39 is 9.84 Å². The van der Waals surface area contributed by atoms with Crippen molar-refractivity contribution in [3.8, 4) is 0 Å². The highest BCUT2D eigenvalue weighted by Gasteiger charge is 2.18. The Labute approximate surface area is 105 Å². The molecule has 1 rings (SSSR count). The maximum Gasteiger partial charge on any atom is 0.180 e. The van der Waals surface area contributed by atoms with E-state index >= 15 is 0 Å². The minimum absolute atomic E-state index is 0.376. The lowest BCUT2D eigenvalue weighted by atomic mass is 10.2. The summed E-state index contributed by atoms with van der Waals surface area (Å²) in [5.74, 6) is 0. The Bertz CT molecular complexity index is 426. The Hall–Kier alpha value is -0.390. The second-order valence-electron chi connectivity index (χ2n) is 3.80. The molecule has 3 nitrogen and oxygen atoms in total. The molecule has 0 heterocycles. The number of nitrogens with one attached hydrogen (secondary N) is 1. The van der Waals surface area contributed by atoms with Crippen molar-refractivity contribution in [2.24, 2.45) is 0 Å². The van der Waals surface area contributed by atoms with Gasteiger partial charge in [0.05, 0.1) is 15.6 Å². The SMILES string of the molecule is CC(C)S(=O)(=O)c1ccc(CNCBr)cc1. The summed E-state index contributed by atoms with van der Waals surface area (Å²) in [6.45, 7) is 4.11. The van der Waals surface area contributed by atoms with Crippen LogP contribution in [0.2, 0.25) is 0 Å². The Morgan fingerprint density at radius 3 is 2.25 bits per heavy atom. The molecule has 0 aromatic heterocycles. The molecule has 0 aliphatic carbocycles. The number of sulfone groups is 1. The fourth-order valence-corrected chi connectivity index (χ4v) is 2.52. The number of hydrogen-bond donors (Lipinski definition) is 1. The Morgan fingerprint density at radius 1 is 1.25 bits per heavy atom. The van der Waals surface area contributed by atoms with Crippen LogP contribution >= 0.6 is 15.9 Å². The molecule has 1 aromatic rings. The van der Waals surface area contributed by atoms with Crippen LogP contribution in [0.3, 0.4) is 0 Å². The fourth-order valence-electron chi connectivity index (χ4n) is 1.26. The van der Waals surface area contributed by atoms with Gasteiger partial charge in [0.2, 0.25) is 0 Å². The first-order valence-electron chi connectivity index (χ1n) is 5.08. The highest BCUT2D eigenvalue weighted by molar-refractivity contribution is 9.09. The van der Waals surface area contributed by atoms with E-state index in [0.717, 1.165) is 17.6 Å². The summed E-state index contributed by atoms with van der Waals surface area (Å²) in [6, 6.07) is 7.01. The predicted molar refractivity (Wildman–Crippen MR) is 69.4 cm³/mol. The van der Waals surface area contributed by atoms with Crippen LogP contribution in [-0.2, 0) is 16.4 Å². The van der Waals surface area contributed by atoms with Gasteiger partial charge < -0.3 is 5.32 Å². The molecular weight excluding hydrogens is 290 g/mol. The number of hydrogen-bond acceptors (Lipinski definition) is 3. The predicted octanol–water partition coefficient (Wildman–Crippen LogP) is 2.31. The van der Waals surface area contributed by atoms with Crippen molar-refractivity contribution in [1.82, 2.24) is 5.32 Å². The van der Waals surface area contributed by atoms with Crippen LogP contribution in [0.25, 0.3) is 0 Å². The van der Waals surface area contributed by atoms with Gasteiger partial charge in [-0.3, -0.25) is 0 Å². The van der Waals surface area contributed by atoms with Crippen molar-refractivity contribution in [3.63, 3.8) is 0 Å². The topological polar surface area (TPSA) is 46.2 Å². The standard InChI is InChI=1S/C11H16BrNO2S/c1-9(2)16(14,15)11-5-3-10(4-6-11)7-13-8-12/h3-6,9,13H,7-8H2,1-2H3. The third-order valence-electron chi connectivity index (χ3n) is 2.30. The van der Waals surface area contributed by atoms with Gasteiger partial charge in [0, 0.05) is 6.54 Å². The highest BCUT2D eigenvalue weighted by atomic mass is 79.9. The quantitative estimate of drug-likeness (QED) is 0.671. The van der Waals surface area contributed by atoms with Gasteiger partial charge in [0.1, 0.15) is 0 Å². The molecule has 0 saturated heterocycles. The van der Waals surface area contributed by atoms with E-state index in [1.807, 2.05) is 12.1 Å². The Balaban J connectivity index is 2.87. The van der Waals surface area contributed by atoms with Crippen molar-refractivity contribution >= 4 is 25.8 Å². The van der Waals surface area contributed by atoms with Gasteiger partial charge in [-0.2, -0.15) is 0 Å². The summed E-state index contributed by atoms with van der Waals surface area (Å²) in [5.41, 5.74) is 1.79.